The number of hydrogen-bond donors (Lipinski definition) is 1. The number of carbonyl (C=O) groups excluding carboxylic acids is 1. The predicted molar refractivity (Wildman–Crippen MR) is 92.2 cm³/mol. The van der Waals surface area contributed by atoms with Crippen LogP contribution in [0.4, 0.5) is 0 Å². The molecule has 1 aromatic rings. The fraction of sp³-hybridized carbons (Fsp3) is 0.529. The Hall–Kier alpha value is -1.95. The molecule has 0 radical (unpaired) electrons. The van der Waals surface area contributed by atoms with E-state index in [4.69, 9.17) is 26.2 Å². The van der Waals surface area contributed by atoms with Gasteiger partial charge in [0.15, 0.2) is 11.5 Å². The van der Waals surface area contributed by atoms with E-state index in [9.17, 15) is 9.59 Å². The van der Waals surface area contributed by atoms with Gasteiger partial charge >= 0.3 is 5.97 Å². The molecule has 6 nitrogen and oxygen atoms in total. The SMILES string of the molecule is CCCOc1c(Cl)cc(C(=O)N(C)CC(C)C(=O)O)cc1OCC. The van der Waals surface area contributed by atoms with Crippen LogP contribution in [0, 0.1) is 5.92 Å². The number of rotatable bonds is 9. The molecule has 0 fully saturated rings. The minimum absolute atomic E-state index is 0.101. The zero-order chi connectivity index (χ0) is 18.3. The van der Waals surface area contributed by atoms with Crippen LogP contribution in [0.15, 0.2) is 12.1 Å². The van der Waals surface area contributed by atoms with Crippen molar-refractivity contribution in [2.75, 3.05) is 26.8 Å². The molecule has 0 aliphatic carbocycles. The average molecular weight is 358 g/mol. The van der Waals surface area contributed by atoms with Crippen LogP contribution in [-0.2, 0) is 4.79 Å². The van der Waals surface area contributed by atoms with Crippen LogP contribution in [0.2, 0.25) is 5.02 Å². The molecule has 24 heavy (non-hydrogen) atoms. The number of carboxylic acid groups (broad SMARTS) is 1. The highest BCUT2D eigenvalue weighted by molar-refractivity contribution is 6.32. The van der Waals surface area contributed by atoms with Gasteiger partial charge in [-0.1, -0.05) is 25.4 Å². The zero-order valence-electron chi connectivity index (χ0n) is 14.5. The van der Waals surface area contributed by atoms with E-state index in [0.717, 1.165) is 6.42 Å². The molecule has 1 rings (SSSR count). The summed E-state index contributed by atoms with van der Waals surface area (Å²) in [7, 11) is 1.55. The van der Waals surface area contributed by atoms with Crippen LogP contribution in [0.1, 0.15) is 37.6 Å². The van der Waals surface area contributed by atoms with Gasteiger partial charge in [0.25, 0.3) is 5.91 Å². The van der Waals surface area contributed by atoms with Gasteiger partial charge in [0.1, 0.15) is 0 Å². The number of ether oxygens (including phenoxy) is 2. The standard InChI is InChI=1S/C17H24ClNO5/c1-5-7-24-15-13(18)8-12(9-14(15)23-6-2)16(20)19(4)10-11(3)17(21)22/h8-9,11H,5-7,10H2,1-4H3,(H,21,22). The normalized spacial score (nSPS) is 11.7. The van der Waals surface area contributed by atoms with E-state index in [-0.39, 0.29) is 17.5 Å². The van der Waals surface area contributed by atoms with Crippen LogP contribution >= 0.6 is 11.6 Å². The molecule has 1 N–H and O–H groups in total. The monoisotopic (exact) mass is 357 g/mol. The number of carbonyl (C=O) groups is 2. The Bertz CT molecular complexity index is 591. The first-order chi connectivity index (χ1) is 11.3. The Morgan fingerprint density at radius 2 is 1.96 bits per heavy atom. The molecule has 0 aliphatic heterocycles. The average Bonchev–Trinajstić information content (AvgIpc) is 2.53. The Morgan fingerprint density at radius 1 is 1.29 bits per heavy atom. The summed E-state index contributed by atoms with van der Waals surface area (Å²) >= 11 is 6.24. The molecule has 0 saturated heterocycles. The summed E-state index contributed by atoms with van der Waals surface area (Å²) < 4.78 is 11.1. The molecule has 134 valence electrons. The first kappa shape index (κ1) is 20.1. The summed E-state index contributed by atoms with van der Waals surface area (Å²) in [5.74, 6) is -1.12. The fourth-order valence-corrected chi connectivity index (χ4v) is 2.36. The highest BCUT2D eigenvalue weighted by Gasteiger charge is 2.21. The second-order valence-corrected chi connectivity index (χ2v) is 5.90. The minimum Gasteiger partial charge on any atom is -0.490 e. The second kappa shape index (κ2) is 9.37. The van der Waals surface area contributed by atoms with Gasteiger partial charge in [-0.15, -0.1) is 0 Å². The summed E-state index contributed by atoms with van der Waals surface area (Å²) in [5.41, 5.74) is 0.326. The van der Waals surface area contributed by atoms with Crippen molar-refractivity contribution in [1.82, 2.24) is 4.90 Å². The van der Waals surface area contributed by atoms with Crippen molar-refractivity contribution < 1.29 is 24.2 Å². The lowest BCUT2D eigenvalue weighted by molar-refractivity contribution is -0.141. The Balaban J connectivity index is 3.06. The summed E-state index contributed by atoms with van der Waals surface area (Å²) in [6.07, 6.45) is 0.818. The summed E-state index contributed by atoms with van der Waals surface area (Å²) in [5, 5.41) is 9.25. The molecule has 0 bridgehead atoms. The lowest BCUT2D eigenvalue weighted by atomic mass is 10.1. The maximum atomic E-state index is 12.5. The molecule has 7 heteroatoms. The third-order valence-corrected chi connectivity index (χ3v) is 3.60. The van der Waals surface area contributed by atoms with Crippen LogP contribution in [0.25, 0.3) is 0 Å². The topological polar surface area (TPSA) is 76.1 Å². The first-order valence-corrected chi connectivity index (χ1v) is 8.26. The van der Waals surface area contributed by atoms with Crippen LogP contribution in [0.3, 0.4) is 0 Å². The van der Waals surface area contributed by atoms with E-state index in [1.165, 1.54) is 11.0 Å². The first-order valence-electron chi connectivity index (χ1n) is 7.89. The van der Waals surface area contributed by atoms with E-state index < -0.39 is 11.9 Å². The van der Waals surface area contributed by atoms with Gasteiger partial charge in [0.2, 0.25) is 0 Å². The summed E-state index contributed by atoms with van der Waals surface area (Å²) in [6, 6.07) is 3.09. The molecule has 1 aromatic carbocycles. The minimum atomic E-state index is -0.953. The largest absolute Gasteiger partial charge is 0.490 e. The highest BCUT2D eigenvalue weighted by atomic mass is 35.5. The van der Waals surface area contributed by atoms with Crippen molar-refractivity contribution in [2.24, 2.45) is 5.92 Å². The molecule has 0 aliphatic rings. The molecule has 0 aromatic heterocycles. The van der Waals surface area contributed by atoms with E-state index in [1.807, 2.05) is 13.8 Å². The maximum absolute atomic E-state index is 12.5. The van der Waals surface area contributed by atoms with Crippen molar-refractivity contribution in [1.29, 1.82) is 0 Å². The number of nitrogens with zero attached hydrogens (tertiary/aromatic N) is 1. The lowest BCUT2D eigenvalue weighted by Crippen LogP contribution is -2.33. The maximum Gasteiger partial charge on any atom is 0.308 e. The Kier molecular flexibility index (Phi) is 7.85. The van der Waals surface area contributed by atoms with Crippen molar-refractivity contribution >= 4 is 23.5 Å². The van der Waals surface area contributed by atoms with E-state index >= 15 is 0 Å². The quantitative estimate of drug-likeness (QED) is 0.733. The number of benzene rings is 1. The second-order valence-electron chi connectivity index (χ2n) is 5.49. The van der Waals surface area contributed by atoms with Crippen LogP contribution in [0.5, 0.6) is 11.5 Å². The summed E-state index contributed by atoms with van der Waals surface area (Å²) in [4.78, 5) is 24.8. The van der Waals surface area contributed by atoms with Crippen LogP contribution in [-0.4, -0.2) is 48.7 Å². The van der Waals surface area contributed by atoms with Crippen molar-refractivity contribution in [3.8, 4) is 11.5 Å². The van der Waals surface area contributed by atoms with E-state index in [1.54, 1.807) is 20.0 Å². The van der Waals surface area contributed by atoms with Crippen molar-refractivity contribution in [2.45, 2.75) is 27.2 Å². The third-order valence-electron chi connectivity index (χ3n) is 3.32. The van der Waals surface area contributed by atoms with Gasteiger partial charge in [-0.05, 0) is 25.5 Å². The van der Waals surface area contributed by atoms with Crippen LogP contribution < -0.4 is 9.47 Å². The number of halogens is 1. The smallest absolute Gasteiger partial charge is 0.308 e. The molecule has 1 unspecified atom stereocenters. The van der Waals surface area contributed by atoms with Crippen molar-refractivity contribution in [3.05, 3.63) is 22.7 Å². The van der Waals surface area contributed by atoms with Gasteiger partial charge in [-0.3, -0.25) is 9.59 Å². The molecule has 1 atom stereocenters. The van der Waals surface area contributed by atoms with Gasteiger partial charge in [0, 0.05) is 19.2 Å². The number of aliphatic carboxylic acids is 1. The molecule has 0 heterocycles. The summed E-state index contributed by atoms with van der Waals surface area (Å²) in [6.45, 7) is 6.35. The molecule has 0 saturated carbocycles. The van der Waals surface area contributed by atoms with Gasteiger partial charge < -0.3 is 19.5 Å². The third kappa shape index (κ3) is 5.30. The number of amides is 1. The van der Waals surface area contributed by atoms with Gasteiger partial charge in [0.05, 0.1) is 24.2 Å². The zero-order valence-corrected chi connectivity index (χ0v) is 15.2. The number of carboxylic acids is 1. The van der Waals surface area contributed by atoms with E-state index in [0.29, 0.717) is 30.3 Å². The fourth-order valence-electron chi connectivity index (χ4n) is 2.09. The Morgan fingerprint density at radius 3 is 2.50 bits per heavy atom. The lowest BCUT2D eigenvalue weighted by Gasteiger charge is -2.21. The highest BCUT2D eigenvalue weighted by Crippen LogP contribution is 2.37. The molecule has 1 amide bonds. The molecular weight excluding hydrogens is 334 g/mol. The van der Waals surface area contributed by atoms with Gasteiger partial charge in [-0.2, -0.15) is 0 Å². The van der Waals surface area contributed by atoms with Gasteiger partial charge in [-0.25, -0.2) is 0 Å². The predicted octanol–water partition coefficient (Wildman–Crippen LogP) is 3.32. The van der Waals surface area contributed by atoms with Crippen molar-refractivity contribution in [3.63, 3.8) is 0 Å². The molecular formula is C17H24ClNO5. The number of hydrogen-bond acceptors (Lipinski definition) is 4. The van der Waals surface area contributed by atoms with E-state index in [2.05, 4.69) is 0 Å². The Labute approximate surface area is 147 Å². The molecule has 0 spiro atoms.